The first-order valence-corrected chi connectivity index (χ1v) is 16.7. The predicted molar refractivity (Wildman–Crippen MR) is 183 cm³/mol. The van der Waals surface area contributed by atoms with Crippen molar-refractivity contribution >= 4 is 41.4 Å². The molecule has 238 valence electrons. The van der Waals surface area contributed by atoms with Gasteiger partial charge in [-0.15, -0.1) is 0 Å². The van der Waals surface area contributed by atoms with Crippen LogP contribution in [-0.2, 0) is 6.42 Å². The molecule has 5 atom stereocenters. The average molecular weight is 660 g/mol. The lowest BCUT2D eigenvalue weighted by atomic mass is 9.81. The van der Waals surface area contributed by atoms with Gasteiger partial charge in [0.1, 0.15) is 30.8 Å². The number of benzene rings is 2. The first-order chi connectivity index (χ1) is 20.6. The molecule has 0 heterocycles. The molecule has 0 saturated heterocycles. The number of aliphatic hydroxyl groups excluding tert-OH is 2. The predicted octanol–water partition coefficient (Wildman–Crippen LogP) is 6.20. The number of hydrogen-bond donors (Lipinski definition) is 2. The van der Waals surface area contributed by atoms with Crippen LogP contribution in [0.2, 0.25) is 0 Å². The van der Waals surface area contributed by atoms with E-state index >= 15 is 0 Å². The van der Waals surface area contributed by atoms with Crippen LogP contribution in [0.15, 0.2) is 24.3 Å². The summed E-state index contributed by atoms with van der Waals surface area (Å²) in [6.07, 6.45) is 10.5. The van der Waals surface area contributed by atoms with Crippen molar-refractivity contribution in [2.24, 2.45) is 17.8 Å². The first-order valence-electron chi connectivity index (χ1n) is 15.8. The highest BCUT2D eigenvalue weighted by molar-refractivity contribution is 9.09. The molecule has 1 aliphatic carbocycles. The number of ether oxygens (including phenoxy) is 4. The number of rotatable bonds is 16. The molecule has 2 unspecified atom stereocenters. The summed E-state index contributed by atoms with van der Waals surface area (Å²) in [7, 11) is 7.04. The minimum atomic E-state index is -0.443. The molecule has 1 fully saturated rings. The minimum absolute atomic E-state index is 0.0353. The fourth-order valence-electron chi connectivity index (χ4n) is 5.88. The molecule has 0 radical (unpaired) electrons. The second-order valence-corrected chi connectivity index (χ2v) is 13.8. The molecule has 2 aromatic carbocycles. The second-order valence-electron chi connectivity index (χ2n) is 12.6. The summed E-state index contributed by atoms with van der Waals surface area (Å²) in [5.74, 6) is 4.54. The third-order valence-corrected chi connectivity index (χ3v) is 9.69. The fourth-order valence-corrected chi connectivity index (χ4v) is 6.48. The highest BCUT2D eigenvalue weighted by Gasteiger charge is 2.33. The SMILES string of the molecule is Bc1cc(OC)c(/C=C/c2cc(OC)c(CCC3C[C@@H](O)[C@@H](Br)C[C@H]3O)cc2OCCC(C)CCCC(C)C)cc1OC. The van der Waals surface area contributed by atoms with Crippen molar-refractivity contribution in [3.63, 3.8) is 0 Å². The summed E-state index contributed by atoms with van der Waals surface area (Å²) in [4.78, 5) is -0.0563. The Kier molecular flexibility index (Phi) is 14.3. The lowest BCUT2D eigenvalue weighted by molar-refractivity contribution is 0.00992. The topological polar surface area (TPSA) is 77.4 Å². The molecule has 0 aromatic heterocycles. The molecule has 2 N–H and O–H groups in total. The van der Waals surface area contributed by atoms with E-state index in [0.717, 1.165) is 70.3 Å². The number of hydrogen-bond acceptors (Lipinski definition) is 6. The van der Waals surface area contributed by atoms with E-state index in [1.807, 2.05) is 38.2 Å². The van der Waals surface area contributed by atoms with Crippen molar-refractivity contribution in [3.8, 4) is 23.0 Å². The summed E-state index contributed by atoms with van der Waals surface area (Å²) < 4.78 is 23.5. The van der Waals surface area contributed by atoms with Crippen molar-refractivity contribution in [3.05, 3.63) is 41.0 Å². The second kappa shape index (κ2) is 17.4. The van der Waals surface area contributed by atoms with Crippen LogP contribution in [0, 0.1) is 17.8 Å². The summed E-state index contributed by atoms with van der Waals surface area (Å²) in [5, 5.41) is 21.0. The molecule has 6 nitrogen and oxygen atoms in total. The standard InChI is InChI=1S/C35H52BBrO6/c1-22(2)8-7-9-23(3)14-15-43-34-18-25(11-10-24-16-31(39)29(37)21-30(24)38)32(40-4)17-27(34)13-12-26-19-35(42-6)28(36)20-33(26)41-5/h12-13,17-20,22-24,29-31,38-39H,7-11,14-16,21,36H2,1-6H3/b13-12+/t23?,24?,29-,30+,31+/m0/s1. The third-order valence-electron chi connectivity index (χ3n) is 8.71. The van der Waals surface area contributed by atoms with Gasteiger partial charge in [-0.2, -0.15) is 0 Å². The van der Waals surface area contributed by atoms with Gasteiger partial charge in [0.15, 0.2) is 0 Å². The molecule has 0 aliphatic heterocycles. The zero-order valence-electron chi connectivity index (χ0n) is 27.2. The Bertz CT molecular complexity index is 1190. The highest BCUT2D eigenvalue weighted by Crippen LogP contribution is 2.36. The molecular formula is C35H52BBrO6. The Hall–Kier alpha value is -2.16. The number of aliphatic hydroxyl groups is 2. The van der Waals surface area contributed by atoms with E-state index in [2.05, 4.69) is 42.8 Å². The molecular weight excluding hydrogens is 607 g/mol. The van der Waals surface area contributed by atoms with E-state index in [1.165, 1.54) is 19.3 Å². The Morgan fingerprint density at radius 3 is 2.14 bits per heavy atom. The number of halogens is 1. The van der Waals surface area contributed by atoms with E-state index in [9.17, 15) is 10.2 Å². The van der Waals surface area contributed by atoms with Crippen LogP contribution in [0.5, 0.6) is 23.0 Å². The normalized spacial score (nSPS) is 21.3. The fraction of sp³-hybridized carbons (Fsp3) is 0.600. The highest BCUT2D eigenvalue weighted by atomic mass is 79.9. The maximum Gasteiger partial charge on any atom is 0.144 e. The van der Waals surface area contributed by atoms with Gasteiger partial charge < -0.3 is 29.2 Å². The van der Waals surface area contributed by atoms with Gasteiger partial charge in [0, 0.05) is 16.0 Å². The van der Waals surface area contributed by atoms with Crippen molar-refractivity contribution in [1.82, 2.24) is 0 Å². The van der Waals surface area contributed by atoms with Crippen LogP contribution in [0.25, 0.3) is 12.2 Å². The quantitative estimate of drug-likeness (QED) is 0.127. The molecule has 2 aromatic rings. The van der Waals surface area contributed by atoms with Gasteiger partial charge in [0.05, 0.1) is 40.1 Å². The molecule has 0 spiro atoms. The lowest BCUT2D eigenvalue weighted by Crippen LogP contribution is -2.39. The lowest BCUT2D eigenvalue weighted by Gasteiger charge is -2.34. The van der Waals surface area contributed by atoms with Gasteiger partial charge in [-0.3, -0.25) is 0 Å². The summed E-state index contributed by atoms with van der Waals surface area (Å²) in [5.41, 5.74) is 3.88. The number of methoxy groups -OCH3 is 3. The van der Waals surface area contributed by atoms with Gasteiger partial charge in [-0.1, -0.05) is 68.1 Å². The van der Waals surface area contributed by atoms with Gasteiger partial charge in [-0.05, 0) is 85.1 Å². The Labute approximate surface area is 268 Å². The molecule has 1 saturated carbocycles. The first kappa shape index (κ1) is 35.3. The zero-order valence-corrected chi connectivity index (χ0v) is 28.8. The summed E-state index contributed by atoms with van der Waals surface area (Å²) in [6, 6.07) is 8.09. The Morgan fingerprint density at radius 2 is 1.49 bits per heavy atom. The van der Waals surface area contributed by atoms with Crippen molar-refractivity contribution in [2.75, 3.05) is 27.9 Å². The van der Waals surface area contributed by atoms with Crippen LogP contribution >= 0.6 is 15.9 Å². The van der Waals surface area contributed by atoms with E-state index in [0.29, 0.717) is 25.4 Å². The maximum absolute atomic E-state index is 10.7. The van der Waals surface area contributed by atoms with Gasteiger partial charge in [0.25, 0.3) is 0 Å². The van der Waals surface area contributed by atoms with Gasteiger partial charge in [0.2, 0.25) is 0 Å². The Balaban J connectivity index is 1.86. The minimum Gasteiger partial charge on any atom is -0.497 e. The van der Waals surface area contributed by atoms with Gasteiger partial charge in [-0.25, -0.2) is 0 Å². The van der Waals surface area contributed by atoms with Crippen LogP contribution in [0.4, 0.5) is 0 Å². The van der Waals surface area contributed by atoms with Crippen LogP contribution in [0.3, 0.4) is 0 Å². The molecule has 0 amide bonds. The molecule has 3 rings (SSSR count). The summed E-state index contributed by atoms with van der Waals surface area (Å²) >= 11 is 3.50. The summed E-state index contributed by atoms with van der Waals surface area (Å²) in [6.45, 7) is 7.50. The van der Waals surface area contributed by atoms with Crippen molar-refractivity contribution in [2.45, 2.75) is 89.2 Å². The molecule has 0 bridgehead atoms. The molecule has 43 heavy (non-hydrogen) atoms. The van der Waals surface area contributed by atoms with Crippen molar-refractivity contribution in [1.29, 1.82) is 0 Å². The van der Waals surface area contributed by atoms with Gasteiger partial charge >= 0.3 is 0 Å². The van der Waals surface area contributed by atoms with Crippen molar-refractivity contribution < 1.29 is 29.2 Å². The monoisotopic (exact) mass is 658 g/mol. The van der Waals surface area contributed by atoms with Crippen LogP contribution in [-0.4, -0.2) is 63.0 Å². The van der Waals surface area contributed by atoms with Crippen LogP contribution in [0.1, 0.15) is 82.4 Å². The Morgan fingerprint density at radius 1 is 0.837 bits per heavy atom. The largest absolute Gasteiger partial charge is 0.497 e. The number of aryl methyl sites for hydroxylation is 1. The van der Waals surface area contributed by atoms with E-state index in [1.54, 1.807) is 21.3 Å². The van der Waals surface area contributed by atoms with Crippen LogP contribution < -0.4 is 24.4 Å². The average Bonchev–Trinajstić information content (AvgIpc) is 2.97. The zero-order chi connectivity index (χ0) is 31.5. The van der Waals surface area contributed by atoms with E-state index in [4.69, 9.17) is 18.9 Å². The molecule has 8 heteroatoms. The number of alkyl halides is 1. The smallest absolute Gasteiger partial charge is 0.144 e. The van der Waals surface area contributed by atoms with E-state index in [-0.39, 0.29) is 10.7 Å². The van der Waals surface area contributed by atoms with E-state index < -0.39 is 12.2 Å². The third kappa shape index (κ3) is 10.5. The molecule has 1 aliphatic rings. The maximum atomic E-state index is 10.7.